The fraction of sp³-hybridized carbons (Fsp3) is 0.579. The molecule has 6 nitrogen and oxygen atoms in total. The minimum Gasteiger partial charge on any atom is -0.487 e. The lowest BCUT2D eigenvalue weighted by atomic mass is 9.96. The number of guanidine groups is 1. The lowest BCUT2D eigenvalue weighted by Crippen LogP contribution is -2.45. The fourth-order valence-electron chi connectivity index (χ4n) is 2.04. The third-order valence-electron chi connectivity index (χ3n) is 3.69. The number of nitrogens with zero attached hydrogens (tertiary/aromatic N) is 1. The number of rotatable bonds is 8. The maximum atomic E-state index is 11.8. The minimum atomic E-state index is -0.385. The molecule has 1 amide bonds. The first kappa shape index (κ1) is 22.1. The summed E-state index contributed by atoms with van der Waals surface area (Å²) >= 11 is 6.14. The highest BCUT2D eigenvalue weighted by atomic mass is 35.5. The molecule has 0 spiro atoms. The van der Waals surface area contributed by atoms with Crippen LogP contribution in [-0.4, -0.2) is 44.7 Å². The van der Waals surface area contributed by atoms with Gasteiger partial charge in [0.2, 0.25) is 5.91 Å². The smallest absolute Gasteiger partial charge is 0.225 e. The van der Waals surface area contributed by atoms with Gasteiger partial charge in [-0.05, 0) is 18.6 Å². The molecular formula is C19H31ClN4O2. The summed E-state index contributed by atoms with van der Waals surface area (Å²) in [6, 6.07) is 7.44. The summed E-state index contributed by atoms with van der Waals surface area (Å²) in [5.41, 5.74) is -0.385. The second-order valence-corrected chi connectivity index (χ2v) is 7.37. The van der Waals surface area contributed by atoms with Gasteiger partial charge >= 0.3 is 0 Å². The maximum absolute atomic E-state index is 11.8. The molecule has 1 aromatic rings. The summed E-state index contributed by atoms with van der Waals surface area (Å²) in [7, 11) is 1.71. The van der Waals surface area contributed by atoms with Crippen LogP contribution in [0.4, 0.5) is 0 Å². The number of hydrogen-bond donors (Lipinski definition) is 3. The number of ether oxygens (including phenoxy) is 1. The molecule has 26 heavy (non-hydrogen) atoms. The van der Waals surface area contributed by atoms with E-state index in [1.54, 1.807) is 7.05 Å². The van der Waals surface area contributed by atoms with E-state index in [0.717, 1.165) is 6.42 Å². The molecule has 1 atom stereocenters. The molecule has 0 saturated carbocycles. The van der Waals surface area contributed by atoms with E-state index in [9.17, 15) is 4.79 Å². The molecule has 146 valence electrons. The zero-order valence-corrected chi connectivity index (χ0v) is 17.1. The van der Waals surface area contributed by atoms with Crippen molar-refractivity contribution in [3.05, 3.63) is 29.3 Å². The highest BCUT2D eigenvalue weighted by Crippen LogP contribution is 2.24. The van der Waals surface area contributed by atoms with Crippen LogP contribution >= 0.6 is 11.6 Å². The van der Waals surface area contributed by atoms with Gasteiger partial charge in [-0.25, -0.2) is 0 Å². The van der Waals surface area contributed by atoms with E-state index in [2.05, 4.69) is 27.9 Å². The molecule has 0 aliphatic rings. The number of aliphatic imine (C=N–C) groups is 1. The van der Waals surface area contributed by atoms with Crippen LogP contribution in [-0.2, 0) is 4.79 Å². The van der Waals surface area contributed by atoms with Crippen molar-refractivity contribution in [3.8, 4) is 5.75 Å². The van der Waals surface area contributed by atoms with Gasteiger partial charge in [0.1, 0.15) is 11.9 Å². The summed E-state index contributed by atoms with van der Waals surface area (Å²) in [5.74, 6) is 1.37. The quantitative estimate of drug-likeness (QED) is 0.367. The monoisotopic (exact) mass is 382 g/mol. The molecule has 0 aromatic heterocycles. The zero-order chi connectivity index (χ0) is 19.6. The van der Waals surface area contributed by atoms with Crippen LogP contribution in [0, 0.1) is 5.41 Å². The van der Waals surface area contributed by atoms with Crippen LogP contribution in [0.25, 0.3) is 0 Å². The summed E-state index contributed by atoms with van der Waals surface area (Å²) < 4.78 is 5.95. The van der Waals surface area contributed by atoms with Crippen molar-refractivity contribution in [1.29, 1.82) is 0 Å². The van der Waals surface area contributed by atoms with Crippen molar-refractivity contribution in [2.45, 2.75) is 40.2 Å². The molecule has 0 aliphatic carbocycles. The SMILES string of the molecule is CCC(CNC(=NC)NCCNC(=O)C(C)(C)C)Oc1ccccc1Cl. The molecule has 1 rings (SSSR count). The number of hydrogen-bond acceptors (Lipinski definition) is 3. The number of nitrogens with one attached hydrogen (secondary N) is 3. The minimum absolute atomic E-state index is 0.0291. The Labute approximate surface area is 161 Å². The zero-order valence-electron chi connectivity index (χ0n) is 16.4. The molecule has 0 radical (unpaired) electrons. The van der Waals surface area contributed by atoms with Gasteiger partial charge in [0.25, 0.3) is 0 Å². The van der Waals surface area contributed by atoms with Crippen LogP contribution in [0.1, 0.15) is 34.1 Å². The molecule has 0 bridgehead atoms. The van der Waals surface area contributed by atoms with Crippen LogP contribution < -0.4 is 20.7 Å². The largest absolute Gasteiger partial charge is 0.487 e. The van der Waals surface area contributed by atoms with Crippen molar-refractivity contribution >= 4 is 23.5 Å². The van der Waals surface area contributed by atoms with Gasteiger partial charge in [-0.2, -0.15) is 0 Å². The van der Waals surface area contributed by atoms with E-state index in [1.807, 2.05) is 45.0 Å². The van der Waals surface area contributed by atoms with Crippen molar-refractivity contribution in [3.63, 3.8) is 0 Å². The average Bonchev–Trinajstić information content (AvgIpc) is 2.60. The number of carbonyl (C=O) groups excluding carboxylic acids is 1. The second-order valence-electron chi connectivity index (χ2n) is 6.96. The molecule has 1 unspecified atom stereocenters. The third kappa shape index (κ3) is 7.95. The van der Waals surface area contributed by atoms with E-state index in [0.29, 0.717) is 36.4 Å². The van der Waals surface area contributed by atoms with Gasteiger partial charge in [0.05, 0.1) is 11.6 Å². The predicted molar refractivity (Wildman–Crippen MR) is 108 cm³/mol. The van der Waals surface area contributed by atoms with E-state index in [1.165, 1.54) is 0 Å². The summed E-state index contributed by atoms with van der Waals surface area (Å²) in [6.07, 6.45) is 0.797. The van der Waals surface area contributed by atoms with Gasteiger partial charge < -0.3 is 20.7 Å². The van der Waals surface area contributed by atoms with E-state index in [4.69, 9.17) is 16.3 Å². The standard InChI is InChI=1S/C19H31ClN4O2/c1-6-14(26-16-10-8-7-9-15(16)20)13-24-18(21-5)23-12-11-22-17(25)19(2,3)4/h7-10,14H,6,11-13H2,1-5H3,(H,22,25)(H2,21,23,24). The lowest BCUT2D eigenvalue weighted by Gasteiger charge is -2.21. The second kappa shape index (κ2) is 10.9. The van der Waals surface area contributed by atoms with Gasteiger partial charge in [-0.3, -0.25) is 9.79 Å². The highest BCUT2D eigenvalue weighted by molar-refractivity contribution is 6.32. The molecule has 1 aromatic carbocycles. The van der Waals surface area contributed by atoms with E-state index < -0.39 is 0 Å². The summed E-state index contributed by atoms with van der Waals surface area (Å²) in [5, 5.41) is 9.90. The van der Waals surface area contributed by atoms with Crippen molar-refractivity contribution in [2.24, 2.45) is 10.4 Å². The Morgan fingerprint density at radius 2 is 1.85 bits per heavy atom. The topological polar surface area (TPSA) is 74.8 Å². The number of para-hydroxylation sites is 1. The maximum Gasteiger partial charge on any atom is 0.225 e. The van der Waals surface area contributed by atoms with Crippen LogP contribution in [0.3, 0.4) is 0 Å². The molecule has 0 fully saturated rings. The van der Waals surface area contributed by atoms with E-state index in [-0.39, 0.29) is 17.4 Å². The predicted octanol–water partition coefficient (Wildman–Crippen LogP) is 2.82. The number of benzene rings is 1. The third-order valence-corrected chi connectivity index (χ3v) is 4.00. The van der Waals surface area contributed by atoms with Gasteiger partial charge in [-0.1, -0.05) is 51.4 Å². The Morgan fingerprint density at radius 3 is 2.42 bits per heavy atom. The van der Waals surface area contributed by atoms with Crippen LogP contribution in [0.15, 0.2) is 29.3 Å². The molecular weight excluding hydrogens is 352 g/mol. The summed E-state index contributed by atoms with van der Waals surface area (Å²) in [6.45, 7) is 9.44. The molecule has 3 N–H and O–H groups in total. The Bertz CT molecular complexity index is 599. The van der Waals surface area contributed by atoms with Crippen molar-refractivity contribution < 1.29 is 9.53 Å². The normalized spacial score (nSPS) is 13.1. The fourth-order valence-corrected chi connectivity index (χ4v) is 2.22. The lowest BCUT2D eigenvalue weighted by molar-refractivity contribution is -0.128. The number of amides is 1. The Morgan fingerprint density at radius 1 is 1.19 bits per heavy atom. The molecule has 7 heteroatoms. The van der Waals surface area contributed by atoms with Crippen LogP contribution in [0.5, 0.6) is 5.75 Å². The number of halogens is 1. The van der Waals surface area contributed by atoms with Crippen molar-refractivity contribution in [1.82, 2.24) is 16.0 Å². The Balaban J connectivity index is 2.38. The first-order valence-electron chi connectivity index (χ1n) is 8.92. The summed E-state index contributed by atoms with van der Waals surface area (Å²) in [4.78, 5) is 16.0. The molecule has 0 heterocycles. The Kier molecular flexibility index (Phi) is 9.27. The first-order valence-corrected chi connectivity index (χ1v) is 9.29. The highest BCUT2D eigenvalue weighted by Gasteiger charge is 2.20. The first-order chi connectivity index (χ1) is 12.3. The number of carbonyl (C=O) groups is 1. The molecule has 0 aliphatic heterocycles. The van der Waals surface area contributed by atoms with Gasteiger partial charge in [-0.15, -0.1) is 0 Å². The van der Waals surface area contributed by atoms with Gasteiger partial charge in [0, 0.05) is 25.6 Å². The van der Waals surface area contributed by atoms with Crippen LogP contribution in [0.2, 0.25) is 5.02 Å². The van der Waals surface area contributed by atoms with Crippen molar-refractivity contribution in [2.75, 3.05) is 26.7 Å². The van der Waals surface area contributed by atoms with E-state index >= 15 is 0 Å². The average molecular weight is 383 g/mol. The Hall–Kier alpha value is -1.95. The molecule has 0 saturated heterocycles. The van der Waals surface area contributed by atoms with Gasteiger partial charge in [0.15, 0.2) is 5.96 Å².